The van der Waals surface area contributed by atoms with Gasteiger partial charge in [-0.3, -0.25) is 9.89 Å². The van der Waals surface area contributed by atoms with Crippen LogP contribution in [0.2, 0.25) is 0 Å². The molecule has 1 unspecified atom stereocenters. The maximum atomic E-state index is 11.6. The molecular weight excluding hydrogens is 346 g/mol. The minimum absolute atomic E-state index is 0.379. The fourth-order valence-corrected chi connectivity index (χ4v) is 2.92. The number of guanidine groups is 1. The second kappa shape index (κ2) is 12.0. The molecule has 0 spiro atoms. The van der Waals surface area contributed by atoms with Crippen LogP contribution in [0, 0.1) is 5.92 Å². The number of carbonyl (C=O) groups excluding carboxylic acids is 1. The number of nitrogens with zero attached hydrogens (tertiary/aromatic N) is 2. The molecule has 1 fully saturated rings. The summed E-state index contributed by atoms with van der Waals surface area (Å²) in [5.74, 6) is 1.33. The Morgan fingerprint density at radius 1 is 1.15 bits per heavy atom. The van der Waals surface area contributed by atoms with Crippen LogP contribution < -0.4 is 16.0 Å². The first-order valence-corrected chi connectivity index (χ1v) is 9.96. The molecule has 3 N–H and O–H groups in total. The van der Waals surface area contributed by atoms with E-state index in [0.717, 1.165) is 51.8 Å². The number of alkyl carbamates (subject to hydrolysis) is 1. The van der Waals surface area contributed by atoms with Gasteiger partial charge in [0.25, 0.3) is 0 Å². The largest absolute Gasteiger partial charge is 0.444 e. The van der Waals surface area contributed by atoms with Crippen LogP contribution in [0.5, 0.6) is 0 Å². The van der Waals surface area contributed by atoms with Crippen LogP contribution >= 0.6 is 0 Å². The minimum Gasteiger partial charge on any atom is -0.444 e. The van der Waals surface area contributed by atoms with E-state index in [0.29, 0.717) is 18.5 Å². The van der Waals surface area contributed by atoms with Gasteiger partial charge in [0.2, 0.25) is 0 Å². The molecule has 0 aromatic carbocycles. The molecule has 1 atom stereocenters. The first kappa shape index (κ1) is 23.5. The number of ether oxygens (including phenoxy) is 2. The first-order valence-electron chi connectivity index (χ1n) is 9.96. The summed E-state index contributed by atoms with van der Waals surface area (Å²) in [6, 6.07) is 0.446. The van der Waals surface area contributed by atoms with Crippen LogP contribution in [0.3, 0.4) is 0 Å². The lowest BCUT2D eigenvalue weighted by Crippen LogP contribution is -2.52. The summed E-state index contributed by atoms with van der Waals surface area (Å²) in [5, 5.41) is 9.47. The lowest BCUT2D eigenvalue weighted by Gasteiger charge is -2.37. The number of nitrogens with one attached hydrogen (secondary N) is 3. The zero-order valence-corrected chi connectivity index (χ0v) is 17.9. The molecule has 158 valence electrons. The predicted octanol–water partition coefficient (Wildman–Crippen LogP) is 1.42. The third-order valence-electron chi connectivity index (χ3n) is 4.30. The van der Waals surface area contributed by atoms with E-state index in [9.17, 15) is 4.79 Å². The summed E-state index contributed by atoms with van der Waals surface area (Å²) in [5.41, 5.74) is -0.471. The maximum Gasteiger partial charge on any atom is 0.407 e. The number of carbonyl (C=O) groups is 1. The highest BCUT2D eigenvalue weighted by Crippen LogP contribution is 2.12. The second-order valence-corrected chi connectivity index (χ2v) is 8.12. The molecule has 0 aromatic rings. The van der Waals surface area contributed by atoms with Crippen molar-refractivity contribution in [1.29, 1.82) is 0 Å². The van der Waals surface area contributed by atoms with Gasteiger partial charge in [0.05, 0.1) is 13.2 Å². The molecule has 27 heavy (non-hydrogen) atoms. The molecule has 1 aliphatic rings. The molecule has 8 nitrogen and oxygen atoms in total. The van der Waals surface area contributed by atoms with Gasteiger partial charge < -0.3 is 25.4 Å². The van der Waals surface area contributed by atoms with Crippen molar-refractivity contribution in [3.05, 3.63) is 0 Å². The first-order chi connectivity index (χ1) is 12.7. The molecule has 0 bridgehead atoms. The fourth-order valence-electron chi connectivity index (χ4n) is 2.92. The zero-order chi connectivity index (χ0) is 20.3. The highest BCUT2D eigenvalue weighted by Gasteiger charge is 2.23. The number of amides is 1. The monoisotopic (exact) mass is 385 g/mol. The van der Waals surface area contributed by atoms with Gasteiger partial charge in [-0.1, -0.05) is 13.8 Å². The number of rotatable bonds is 8. The molecule has 1 rings (SSSR count). The summed E-state index contributed by atoms with van der Waals surface area (Å²) >= 11 is 0. The molecule has 0 aliphatic carbocycles. The Morgan fingerprint density at radius 2 is 1.78 bits per heavy atom. The van der Waals surface area contributed by atoms with Gasteiger partial charge >= 0.3 is 6.09 Å². The van der Waals surface area contributed by atoms with E-state index in [-0.39, 0.29) is 6.09 Å². The molecule has 0 saturated carbocycles. The third kappa shape index (κ3) is 10.4. The van der Waals surface area contributed by atoms with Gasteiger partial charge in [-0.25, -0.2) is 4.79 Å². The predicted molar refractivity (Wildman–Crippen MR) is 109 cm³/mol. The molecule has 0 aromatic heterocycles. The van der Waals surface area contributed by atoms with E-state index >= 15 is 0 Å². The van der Waals surface area contributed by atoms with Crippen molar-refractivity contribution in [3.8, 4) is 0 Å². The fraction of sp³-hybridized carbons (Fsp3) is 0.895. The highest BCUT2D eigenvalue weighted by molar-refractivity contribution is 5.79. The highest BCUT2D eigenvalue weighted by atomic mass is 16.6. The lowest BCUT2D eigenvalue weighted by atomic mass is 10.0. The maximum absolute atomic E-state index is 11.6. The van der Waals surface area contributed by atoms with Gasteiger partial charge in [-0.15, -0.1) is 0 Å². The van der Waals surface area contributed by atoms with E-state index < -0.39 is 5.60 Å². The number of morpholine rings is 1. The van der Waals surface area contributed by atoms with Gasteiger partial charge in [0, 0.05) is 45.8 Å². The van der Waals surface area contributed by atoms with Crippen LogP contribution in [-0.2, 0) is 9.47 Å². The van der Waals surface area contributed by atoms with Crippen LogP contribution in [-0.4, -0.2) is 81.6 Å². The van der Waals surface area contributed by atoms with Crippen molar-refractivity contribution in [3.63, 3.8) is 0 Å². The van der Waals surface area contributed by atoms with Crippen LogP contribution in [0.15, 0.2) is 4.99 Å². The van der Waals surface area contributed by atoms with Gasteiger partial charge in [0.1, 0.15) is 5.60 Å². The molecular formula is C19H39N5O3. The van der Waals surface area contributed by atoms with Gasteiger partial charge in [-0.2, -0.15) is 0 Å². The van der Waals surface area contributed by atoms with Crippen molar-refractivity contribution < 1.29 is 14.3 Å². The summed E-state index contributed by atoms with van der Waals surface area (Å²) in [6.07, 6.45) is 0.409. The van der Waals surface area contributed by atoms with Crippen molar-refractivity contribution in [2.45, 2.75) is 52.7 Å². The zero-order valence-electron chi connectivity index (χ0n) is 17.9. The van der Waals surface area contributed by atoms with Crippen molar-refractivity contribution in [1.82, 2.24) is 20.9 Å². The average Bonchev–Trinajstić information content (AvgIpc) is 2.59. The van der Waals surface area contributed by atoms with Crippen LogP contribution in [0.1, 0.15) is 41.0 Å². The molecule has 1 saturated heterocycles. The summed E-state index contributed by atoms with van der Waals surface area (Å²) in [7, 11) is 1.77. The molecule has 1 amide bonds. The molecule has 1 aliphatic heterocycles. The number of hydrogen-bond donors (Lipinski definition) is 3. The smallest absolute Gasteiger partial charge is 0.407 e. The number of aliphatic imine (C=N–C) groups is 1. The lowest BCUT2D eigenvalue weighted by molar-refractivity contribution is 0.00752. The van der Waals surface area contributed by atoms with Crippen molar-refractivity contribution in [2.75, 3.05) is 53.0 Å². The summed E-state index contributed by atoms with van der Waals surface area (Å²) in [4.78, 5) is 18.4. The van der Waals surface area contributed by atoms with Crippen molar-refractivity contribution >= 4 is 12.1 Å². The molecule has 8 heteroatoms. The summed E-state index contributed by atoms with van der Waals surface area (Å²) < 4.78 is 10.7. The van der Waals surface area contributed by atoms with Crippen LogP contribution in [0.25, 0.3) is 0 Å². The Kier molecular flexibility index (Phi) is 10.5. The Bertz CT molecular complexity index is 457. The van der Waals surface area contributed by atoms with Gasteiger partial charge in [0.15, 0.2) is 5.96 Å². The standard InChI is InChI=1S/C19H39N5O3/c1-15(2)16(24-10-12-26-13-11-24)14-23-17(20-6)21-8-7-9-22-18(25)27-19(3,4)5/h15-16H,7-14H2,1-6H3,(H,22,25)(H2,20,21,23). The van der Waals surface area contributed by atoms with E-state index in [2.05, 4.69) is 39.7 Å². The Morgan fingerprint density at radius 3 is 2.33 bits per heavy atom. The average molecular weight is 386 g/mol. The van der Waals surface area contributed by atoms with E-state index in [4.69, 9.17) is 9.47 Å². The van der Waals surface area contributed by atoms with Gasteiger partial charge in [-0.05, 0) is 33.1 Å². The van der Waals surface area contributed by atoms with E-state index in [1.54, 1.807) is 7.05 Å². The Hall–Kier alpha value is -1.54. The van der Waals surface area contributed by atoms with E-state index in [1.165, 1.54) is 0 Å². The topological polar surface area (TPSA) is 87.2 Å². The second-order valence-electron chi connectivity index (χ2n) is 8.12. The normalized spacial score (nSPS) is 17.5. The summed E-state index contributed by atoms with van der Waals surface area (Å²) in [6.45, 7) is 15.7. The van der Waals surface area contributed by atoms with Crippen LogP contribution in [0.4, 0.5) is 4.79 Å². The Labute approximate surface area is 164 Å². The molecule has 1 heterocycles. The van der Waals surface area contributed by atoms with Crippen molar-refractivity contribution in [2.24, 2.45) is 10.9 Å². The van der Waals surface area contributed by atoms with E-state index in [1.807, 2.05) is 20.8 Å². The quantitative estimate of drug-likeness (QED) is 0.333. The minimum atomic E-state index is -0.471. The Balaban J connectivity index is 2.26. The third-order valence-corrected chi connectivity index (χ3v) is 4.30. The number of hydrogen-bond acceptors (Lipinski definition) is 5. The SMILES string of the molecule is CN=C(NCCCNC(=O)OC(C)(C)C)NCC(C(C)C)N1CCOCC1. The molecule has 0 radical (unpaired) electrons.